The maximum Gasteiger partial charge on any atom is 0.107 e. The maximum absolute atomic E-state index is 12.2. The minimum Gasteiger partial charge on any atom is -0.316 e. The summed E-state index contributed by atoms with van der Waals surface area (Å²) in [5.41, 5.74) is 0. The first-order valence-corrected chi connectivity index (χ1v) is 4.35. The third-order valence-electron chi connectivity index (χ3n) is 2.50. The molecule has 1 N–H and O–H groups in total. The Hall–Kier alpha value is -0.220. The van der Waals surface area contributed by atoms with Crippen molar-refractivity contribution in [2.75, 3.05) is 33.5 Å². The first-order valence-electron chi connectivity index (χ1n) is 4.35. The molecule has 2 nitrogen and oxygen atoms in total. The number of likely N-dealkylation sites (N-methyl/N-ethyl adjacent to an activating group) is 1. The third-order valence-corrected chi connectivity index (χ3v) is 2.50. The highest BCUT2D eigenvalue weighted by Crippen LogP contribution is 2.13. The van der Waals surface area contributed by atoms with Crippen LogP contribution in [-0.4, -0.2) is 50.5 Å². The van der Waals surface area contributed by atoms with E-state index < -0.39 is 19.4 Å². The first kappa shape index (κ1) is 9.86. The van der Waals surface area contributed by atoms with Gasteiger partial charge < -0.3 is 5.32 Å². The molecule has 0 saturated carbocycles. The molecule has 4 heteroatoms. The van der Waals surface area contributed by atoms with Crippen LogP contribution in [0.25, 0.3) is 0 Å². The van der Waals surface area contributed by atoms with E-state index >= 15 is 0 Å². The smallest absolute Gasteiger partial charge is 0.107 e. The van der Waals surface area contributed by atoms with Gasteiger partial charge in [-0.2, -0.15) is 0 Å². The average Bonchev–Trinajstić information content (AvgIpc) is 2.55. The quantitative estimate of drug-likeness (QED) is 0.677. The molecule has 1 saturated heterocycles. The van der Waals surface area contributed by atoms with Crippen LogP contribution in [0.3, 0.4) is 0 Å². The number of nitrogens with one attached hydrogen (secondary N) is 1. The molecule has 0 radical (unpaired) electrons. The lowest BCUT2D eigenvalue weighted by molar-refractivity contribution is 0.165. The Morgan fingerprint density at radius 1 is 1.50 bits per heavy atom. The summed E-state index contributed by atoms with van der Waals surface area (Å²) in [5, 5.41) is 3.11. The van der Waals surface area contributed by atoms with Gasteiger partial charge in [0.1, 0.15) is 13.3 Å². The van der Waals surface area contributed by atoms with Crippen LogP contribution in [0.5, 0.6) is 0 Å². The Kier molecular flexibility index (Phi) is 3.88. The molecule has 0 amide bonds. The molecule has 1 heterocycles. The van der Waals surface area contributed by atoms with Crippen LogP contribution in [-0.2, 0) is 0 Å². The van der Waals surface area contributed by atoms with Crippen molar-refractivity contribution in [3.63, 3.8) is 0 Å². The molecular formula is C8H16F2N2. The van der Waals surface area contributed by atoms with Crippen molar-refractivity contribution in [1.82, 2.24) is 10.2 Å². The predicted molar refractivity (Wildman–Crippen MR) is 44.8 cm³/mol. The zero-order valence-corrected chi connectivity index (χ0v) is 7.39. The Morgan fingerprint density at radius 3 is 2.58 bits per heavy atom. The molecule has 1 atom stereocenters. The molecule has 0 bridgehead atoms. The van der Waals surface area contributed by atoms with Gasteiger partial charge in [0.2, 0.25) is 0 Å². The van der Waals surface area contributed by atoms with Crippen molar-refractivity contribution < 1.29 is 8.78 Å². The number of hydrogen-bond acceptors (Lipinski definition) is 2. The molecule has 0 aromatic carbocycles. The van der Waals surface area contributed by atoms with Crippen molar-refractivity contribution in [1.29, 1.82) is 0 Å². The molecular weight excluding hydrogens is 162 g/mol. The number of likely N-dealkylation sites (tertiary alicyclic amines) is 1. The van der Waals surface area contributed by atoms with E-state index in [-0.39, 0.29) is 0 Å². The van der Waals surface area contributed by atoms with E-state index in [9.17, 15) is 8.78 Å². The van der Waals surface area contributed by atoms with Gasteiger partial charge >= 0.3 is 0 Å². The second-order valence-corrected chi connectivity index (χ2v) is 3.23. The molecule has 0 aromatic heterocycles. The monoisotopic (exact) mass is 178 g/mol. The number of hydrogen-bond donors (Lipinski definition) is 1. The second-order valence-electron chi connectivity index (χ2n) is 3.23. The van der Waals surface area contributed by atoms with Gasteiger partial charge in [0.15, 0.2) is 0 Å². The van der Waals surface area contributed by atoms with Gasteiger partial charge in [-0.15, -0.1) is 0 Å². The lowest BCUT2D eigenvalue weighted by Gasteiger charge is -2.22. The first-order chi connectivity index (χ1) is 5.81. The van der Waals surface area contributed by atoms with E-state index in [2.05, 4.69) is 5.32 Å². The lowest BCUT2D eigenvalue weighted by atomic mass is 10.3. The predicted octanol–water partition coefficient (Wildman–Crippen LogP) is 0.588. The highest BCUT2D eigenvalue weighted by molar-refractivity contribution is 4.84. The lowest BCUT2D eigenvalue weighted by Crippen LogP contribution is -2.39. The van der Waals surface area contributed by atoms with Gasteiger partial charge in [-0.1, -0.05) is 0 Å². The van der Waals surface area contributed by atoms with Gasteiger partial charge in [0, 0.05) is 19.1 Å². The Labute approximate surface area is 71.9 Å². The van der Waals surface area contributed by atoms with E-state index in [0.29, 0.717) is 6.04 Å². The molecule has 0 aliphatic carbocycles. The van der Waals surface area contributed by atoms with E-state index in [1.165, 1.54) is 0 Å². The average molecular weight is 178 g/mol. The zero-order valence-electron chi connectivity index (χ0n) is 7.39. The topological polar surface area (TPSA) is 15.3 Å². The number of alkyl halides is 2. The van der Waals surface area contributed by atoms with Crippen molar-refractivity contribution in [3.8, 4) is 0 Å². The van der Waals surface area contributed by atoms with E-state index in [1.807, 2.05) is 11.9 Å². The number of halogens is 2. The molecule has 1 aliphatic rings. The largest absolute Gasteiger partial charge is 0.316 e. The summed E-state index contributed by atoms with van der Waals surface area (Å²) >= 11 is 0. The van der Waals surface area contributed by atoms with E-state index in [1.54, 1.807) is 0 Å². The molecule has 1 fully saturated rings. The fourth-order valence-electron chi connectivity index (χ4n) is 1.59. The van der Waals surface area contributed by atoms with Gasteiger partial charge in [0.05, 0.1) is 6.04 Å². The summed E-state index contributed by atoms with van der Waals surface area (Å²) < 4.78 is 24.5. The molecule has 12 heavy (non-hydrogen) atoms. The van der Waals surface area contributed by atoms with Crippen LogP contribution in [0, 0.1) is 0 Å². The molecule has 1 aliphatic heterocycles. The highest BCUT2D eigenvalue weighted by atomic mass is 19.1. The third kappa shape index (κ3) is 2.14. The Bertz CT molecular complexity index is 128. The minimum atomic E-state index is -0.576. The summed E-state index contributed by atoms with van der Waals surface area (Å²) in [4.78, 5) is 1.88. The standard InChI is InChI=1S/C8H16F2N2/c1-11-7-2-3-12(6-7)8(4-9)5-10/h7-8,11H,2-6H2,1H3/t7-/m0/s1. The van der Waals surface area contributed by atoms with E-state index in [0.717, 1.165) is 19.5 Å². The fraction of sp³-hybridized carbons (Fsp3) is 1.00. The Balaban J connectivity index is 2.34. The van der Waals surface area contributed by atoms with Gasteiger partial charge in [-0.25, -0.2) is 8.78 Å². The SMILES string of the molecule is CN[C@H]1CCN(C(CF)CF)C1. The second kappa shape index (κ2) is 4.72. The van der Waals surface area contributed by atoms with Crippen LogP contribution in [0.2, 0.25) is 0 Å². The summed E-state index contributed by atoms with van der Waals surface area (Å²) in [6.45, 7) is 0.429. The van der Waals surface area contributed by atoms with Crippen molar-refractivity contribution in [2.45, 2.75) is 18.5 Å². The molecule has 0 unspecified atom stereocenters. The van der Waals surface area contributed by atoms with Gasteiger partial charge in [0.25, 0.3) is 0 Å². The molecule has 0 spiro atoms. The molecule has 1 rings (SSSR count). The normalized spacial score (nSPS) is 25.5. The summed E-state index contributed by atoms with van der Waals surface area (Å²) in [6.07, 6.45) is 0.993. The van der Waals surface area contributed by atoms with Crippen LogP contribution < -0.4 is 5.32 Å². The minimum absolute atomic E-state index is 0.408. The Morgan fingerprint density at radius 2 is 2.17 bits per heavy atom. The highest BCUT2D eigenvalue weighted by Gasteiger charge is 2.26. The van der Waals surface area contributed by atoms with Crippen LogP contribution in [0.4, 0.5) is 8.78 Å². The van der Waals surface area contributed by atoms with E-state index in [4.69, 9.17) is 0 Å². The number of nitrogens with zero attached hydrogens (tertiary/aromatic N) is 1. The van der Waals surface area contributed by atoms with Crippen molar-refractivity contribution in [2.24, 2.45) is 0 Å². The van der Waals surface area contributed by atoms with Crippen LogP contribution >= 0.6 is 0 Å². The number of rotatable bonds is 4. The van der Waals surface area contributed by atoms with Crippen molar-refractivity contribution in [3.05, 3.63) is 0 Å². The molecule has 0 aromatic rings. The summed E-state index contributed by atoms with van der Waals surface area (Å²) in [7, 11) is 1.88. The zero-order chi connectivity index (χ0) is 8.97. The van der Waals surface area contributed by atoms with Gasteiger partial charge in [-0.05, 0) is 13.5 Å². The fourth-order valence-corrected chi connectivity index (χ4v) is 1.59. The van der Waals surface area contributed by atoms with Crippen LogP contribution in [0.1, 0.15) is 6.42 Å². The van der Waals surface area contributed by atoms with Crippen molar-refractivity contribution >= 4 is 0 Å². The maximum atomic E-state index is 12.2. The van der Waals surface area contributed by atoms with Gasteiger partial charge in [-0.3, -0.25) is 4.90 Å². The summed E-state index contributed by atoms with van der Waals surface area (Å²) in [6, 6.07) is -0.103. The molecule has 72 valence electrons. The summed E-state index contributed by atoms with van der Waals surface area (Å²) in [5.74, 6) is 0. The van der Waals surface area contributed by atoms with Crippen LogP contribution in [0.15, 0.2) is 0 Å².